The molecule has 11 heteroatoms. The molecule has 11 nitrogen and oxygen atoms in total. The van der Waals surface area contributed by atoms with E-state index in [1.165, 1.54) is 6.92 Å². The van der Waals surface area contributed by atoms with E-state index in [1.54, 1.807) is 0 Å². The first-order valence-electron chi connectivity index (χ1n) is 17.8. The first-order chi connectivity index (χ1) is 22.2. The molecule has 7 aliphatic rings. The van der Waals surface area contributed by atoms with Crippen molar-refractivity contribution in [2.75, 3.05) is 6.61 Å². The molecule has 268 valence electrons. The second kappa shape index (κ2) is 10.7. The van der Waals surface area contributed by atoms with Crippen LogP contribution in [0.1, 0.15) is 93.9 Å². The Hall–Kier alpha value is -1.73. The van der Waals surface area contributed by atoms with Gasteiger partial charge in [-0.2, -0.15) is 0 Å². The van der Waals surface area contributed by atoms with Crippen LogP contribution in [0.4, 0.5) is 0 Å². The number of hydrogen-bond donors (Lipinski definition) is 4. The molecule has 4 saturated carbocycles. The van der Waals surface area contributed by atoms with Crippen LogP contribution in [-0.4, -0.2) is 99.2 Å². The number of ketones is 2. The molecule has 0 aromatic rings. The van der Waals surface area contributed by atoms with Crippen molar-refractivity contribution < 1.29 is 53.8 Å². The van der Waals surface area contributed by atoms with Gasteiger partial charge in [0, 0.05) is 35.5 Å². The second-order valence-electron chi connectivity index (χ2n) is 17.9. The SMILES string of the molecule is CC(=O)O[C@@H]1C[C@@]23C[C@@]24CC[C@@H](O[C@@H]2OC[C@H](O)[C@H](O)[C@H]2O)C(C)(C)[C@H]4CC=C3[C@@]2(C)[C@@H](O)C(=O)[C@@H]([C@@H](C)CC(=O)[C@H]3OC3(C)C)[C@]12C. The Labute approximate surface area is 282 Å². The van der Waals surface area contributed by atoms with Gasteiger partial charge in [-0.15, -0.1) is 0 Å². The molecule has 0 aromatic heterocycles. The summed E-state index contributed by atoms with van der Waals surface area (Å²) in [6.45, 7) is 15.2. The molecule has 4 N–H and O–H groups in total. The predicted molar refractivity (Wildman–Crippen MR) is 170 cm³/mol. The van der Waals surface area contributed by atoms with Gasteiger partial charge in [-0.25, -0.2) is 0 Å². The summed E-state index contributed by atoms with van der Waals surface area (Å²) in [5.41, 5.74) is -2.31. The number of aliphatic hydroxyl groups excluding tert-OH is 4. The fourth-order valence-corrected chi connectivity index (χ4v) is 12.2. The zero-order valence-electron chi connectivity index (χ0n) is 29.5. The highest BCUT2D eigenvalue weighted by Gasteiger charge is 2.85. The van der Waals surface area contributed by atoms with Crippen LogP contribution in [-0.2, 0) is 33.3 Å². The maximum Gasteiger partial charge on any atom is 0.302 e. The Kier molecular flexibility index (Phi) is 7.70. The van der Waals surface area contributed by atoms with Gasteiger partial charge in [-0.1, -0.05) is 46.3 Å². The Morgan fingerprint density at radius 3 is 2.33 bits per heavy atom. The Morgan fingerprint density at radius 2 is 1.71 bits per heavy atom. The van der Waals surface area contributed by atoms with Crippen molar-refractivity contribution in [1.29, 1.82) is 0 Å². The first kappa shape index (κ1) is 34.7. The topological polar surface area (TPSA) is 172 Å². The van der Waals surface area contributed by atoms with Gasteiger partial charge in [0.05, 0.1) is 18.3 Å². The molecule has 2 saturated heterocycles. The minimum absolute atomic E-state index is 0.0535. The molecule has 5 aliphatic carbocycles. The lowest BCUT2D eigenvalue weighted by Crippen LogP contribution is -2.61. The standard InChI is InChI=1S/C37H54O11/c1-17(13-19(39)30-33(5,6)48-30)25-27(42)29(44)34(7)22-10-9-21-32(3,4)23(47-31-28(43)26(41)20(40)15-45-31)11-12-36(21)16-37(22,36)14-24(35(25,34)8)46-18(2)38/h10,17,20-21,23-26,28-31,40-41,43-44H,9,11-16H2,1-8H3/t17-,20-,21+,23+,24+,25+,26-,28+,29-,30+,31-,34-,35-,36+,37-/m0/s1. The number of ether oxygens (including phenoxy) is 4. The molecule has 0 aromatic carbocycles. The van der Waals surface area contributed by atoms with E-state index in [0.29, 0.717) is 19.3 Å². The lowest BCUT2D eigenvalue weighted by Gasteiger charge is -2.61. The van der Waals surface area contributed by atoms with Crippen molar-refractivity contribution in [3.8, 4) is 0 Å². The number of hydrogen-bond acceptors (Lipinski definition) is 11. The Bertz CT molecular complexity index is 1440. The van der Waals surface area contributed by atoms with Gasteiger partial charge in [0.15, 0.2) is 17.9 Å². The van der Waals surface area contributed by atoms with Crippen molar-refractivity contribution in [3.05, 3.63) is 11.6 Å². The molecule has 0 radical (unpaired) electrons. The van der Waals surface area contributed by atoms with Gasteiger partial charge < -0.3 is 39.4 Å². The fraction of sp³-hybridized carbons (Fsp3) is 0.865. The first-order valence-corrected chi connectivity index (χ1v) is 17.8. The van der Waals surface area contributed by atoms with E-state index >= 15 is 0 Å². The molecule has 0 bridgehead atoms. The minimum Gasteiger partial charge on any atom is -0.462 e. The van der Waals surface area contributed by atoms with Crippen molar-refractivity contribution in [2.24, 2.45) is 44.8 Å². The van der Waals surface area contributed by atoms with Crippen molar-refractivity contribution in [3.63, 3.8) is 0 Å². The van der Waals surface area contributed by atoms with Crippen molar-refractivity contribution in [1.82, 2.24) is 0 Å². The highest BCUT2D eigenvalue weighted by Crippen LogP contribution is 2.88. The molecule has 2 heterocycles. The largest absolute Gasteiger partial charge is 0.462 e. The van der Waals surface area contributed by atoms with Crippen LogP contribution >= 0.6 is 0 Å². The van der Waals surface area contributed by atoms with Crippen LogP contribution in [0.15, 0.2) is 11.6 Å². The summed E-state index contributed by atoms with van der Waals surface area (Å²) in [4.78, 5) is 40.3. The highest BCUT2D eigenvalue weighted by molar-refractivity contribution is 5.93. The van der Waals surface area contributed by atoms with E-state index in [9.17, 15) is 34.8 Å². The maximum atomic E-state index is 14.3. The summed E-state index contributed by atoms with van der Waals surface area (Å²) in [6, 6.07) is 0. The third kappa shape index (κ3) is 4.34. The molecular formula is C37H54O11. The van der Waals surface area contributed by atoms with Gasteiger partial charge in [-0.3, -0.25) is 14.4 Å². The second-order valence-corrected chi connectivity index (χ2v) is 17.9. The van der Waals surface area contributed by atoms with E-state index < -0.39 is 77.1 Å². The predicted octanol–water partition coefficient (Wildman–Crippen LogP) is 2.63. The maximum absolute atomic E-state index is 14.3. The summed E-state index contributed by atoms with van der Waals surface area (Å²) < 4.78 is 23.8. The van der Waals surface area contributed by atoms with Gasteiger partial charge in [0.25, 0.3) is 0 Å². The number of rotatable bonds is 7. The van der Waals surface area contributed by atoms with E-state index in [4.69, 9.17) is 18.9 Å². The third-order valence-electron chi connectivity index (χ3n) is 14.9. The number of fused-ring (bicyclic) bond motifs is 2. The Morgan fingerprint density at radius 1 is 1.04 bits per heavy atom. The van der Waals surface area contributed by atoms with Crippen LogP contribution in [0.5, 0.6) is 0 Å². The highest BCUT2D eigenvalue weighted by atomic mass is 16.7. The van der Waals surface area contributed by atoms with Crippen LogP contribution in [0.2, 0.25) is 0 Å². The van der Waals surface area contributed by atoms with Crippen molar-refractivity contribution in [2.45, 2.75) is 149 Å². The smallest absolute Gasteiger partial charge is 0.302 e. The summed E-state index contributed by atoms with van der Waals surface area (Å²) in [7, 11) is 0. The monoisotopic (exact) mass is 674 g/mol. The number of allylic oxidation sites excluding steroid dienone is 1. The lowest BCUT2D eigenvalue weighted by molar-refractivity contribution is -0.301. The lowest BCUT2D eigenvalue weighted by atomic mass is 9.44. The van der Waals surface area contributed by atoms with E-state index in [1.807, 2.05) is 34.6 Å². The number of epoxide rings is 1. The number of carbonyl (C=O) groups excluding carboxylic acids is 3. The zero-order valence-corrected chi connectivity index (χ0v) is 29.5. The summed E-state index contributed by atoms with van der Waals surface area (Å²) >= 11 is 0. The summed E-state index contributed by atoms with van der Waals surface area (Å²) in [5, 5.41) is 42.9. The average molecular weight is 675 g/mol. The molecule has 7 rings (SSSR count). The molecule has 0 unspecified atom stereocenters. The molecule has 2 spiro atoms. The molecule has 2 aliphatic heterocycles. The number of carbonyl (C=O) groups is 3. The van der Waals surface area contributed by atoms with Gasteiger partial charge in [-0.05, 0) is 68.6 Å². The van der Waals surface area contributed by atoms with Gasteiger partial charge in [0.2, 0.25) is 0 Å². The normalized spacial score (nSPS) is 51.8. The van der Waals surface area contributed by atoms with Crippen LogP contribution in [0, 0.1) is 44.8 Å². The van der Waals surface area contributed by atoms with Crippen LogP contribution in [0.3, 0.4) is 0 Å². The van der Waals surface area contributed by atoms with Crippen LogP contribution < -0.4 is 0 Å². The molecule has 48 heavy (non-hydrogen) atoms. The molecular weight excluding hydrogens is 620 g/mol. The third-order valence-corrected chi connectivity index (χ3v) is 14.9. The van der Waals surface area contributed by atoms with Crippen LogP contribution in [0.25, 0.3) is 0 Å². The zero-order chi connectivity index (χ0) is 35.1. The molecule has 15 atom stereocenters. The average Bonchev–Trinajstić information content (AvgIpc) is 3.84. The van der Waals surface area contributed by atoms with E-state index in [-0.39, 0.29) is 52.9 Å². The molecule has 6 fully saturated rings. The fourth-order valence-electron chi connectivity index (χ4n) is 12.2. The minimum atomic E-state index is -1.37. The summed E-state index contributed by atoms with van der Waals surface area (Å²) in [6.07, 6.45) is -1.81. The molecule has 0 amide bonds. The number of Topliss-reactive ketones (excluding diaryl/α,β-unsaturated/α-hetero) is 2. The van der Waals surface area contributed by atoms with E-state index in [0.717, 1.165) is 18.4 Å². The summed E-state index contributed by atoms with van der Waals surface area (Å²) in [5.74, 6) is -1.73. The van der Waals surface area contributed by atoms with Gasteiger partial charge >= 0.3 is 5.97 Å². The van der Waals surface area contributed by atoms with Gasteiger partial charge in [0.1, 0.15) is 36.6 Å². The quantitative estimate of drug-likeness (QED) is 0.178. The van der Waals surface area contributed by atoms with E-state index in [2.05, 4.69) is 19.9 Å². The number of aliphatic hydroxyl groups is 4. The van der Waals surface area contributed by atoms with Crippen molar-refractivity contribution >= 4 is 17.5 Å². The Balaban J connectivity index is 1.22. The number of esters is 1.